The van der Waals surface area contributed by atoms with E-state index in [1.165, 1.54) is 18.2 Å². The van der Waals surface area contributed by atoms with Crippen molar-refractivity contribution in [2.75, 3.05) is 18.0 Å². The number of anilines is 1. The van der Waals surface area contributed by atoms with Crippen molar-refractivity contribution < 1.29 is 14.8 Å². The normalized spacial score (nSPS) is 25.3. The summed E-state index contributed by atoms with van der Waals surface area (Å²) in [5.74, 6) is -0.430. The molecule has 2 atom stereocenters. The molecule has 1 aliphatic heterocycles. The van der Waals surface area contributed by atoms with Crippen molar-refractivity contribution in [1.82, 2.24) is 9.97 Å². The molecule has 0 bridgehead atoms. The lowest BCUT2D eigenvalue weighted by molar-refractivity contribution is -0.384. The van der Waals surface area contributed by atoms with Gasteiger partial charge in [-0.1, -0.05) is 6.42 Å². The van der Waals surface area contributed by atoms with Gasteiger partial charge in [-0.05, 0) is 24.8 Å². The summed E-state index contributed by atoms with van der Waals surface area (Å²) < 4.78 is 0. The van der Waals surface area contributed by atoms with Gasteiger partial charge in [-0.25, -0.2) is 4.98 Å². The third kappa shape index (κ3) is 2.26. The number of aromatic nitrogens is 2. The van der Waals surface area contributed by atoms with Gasteiger partial charge >= 0.3 is 5.97 Å². The van der Waals surface area contributed by atoms with E-state index in [0.717, 1.165) is 12.8 Å². The Morgan fingerprint density at radius 2 is 2.28 bits per heavy atom. The highest BCUT2D eigenvalue weighted by Gasteiger charge is 2.55. The van der Waals surface area contributed by atoms with Crippen molar-refractivity contribution in [3.05, 3.63) is 38.7 Å². The molecule has 1 aromatic heterocycles. The molecular formula is C16H16N4O5. The summed E-state index contributed by atoms with van der Waals surface area (Å²) in [4.78, 5) is 43.2. The molecule has 2 heterocycles. The van der Waals surface area contributed by atoms with Crippen LogP contribution in [0.5, 0.6) is 0 Å². The van der Waals surface area contributed by atoms with Crippen molar-refractivity contribution in [2.45, 2.75) is 19.3 Å². The third-order valence-corrected chi connectivity index (χ3v) is 5.48. The second kappa shape index (κ2) is 5.27. The number of non-ortho nitro benzene ring substituents is 1. The van der Waals surface area contributed by atoms with E-state index >= 15 is 0 Å². The Bertz CT molecular complexity index is 955. The smallest absolute Gasteiger partial charge is 0.311 e. The minimum Gasteiger partial charge on any atom is -0.481 e. The molecule has 1 saturated carbocycles. The van der Waals surface area contributed by atoms with E-state index in [9.17, 15) is 24.8 Å². The molecule has 9 heteroatoms. The Morgan fingerprint density at radius 1 is 1.48 bits per heavy atom. The first-order valence-electron chi connectivity index (χ1n) is 8.07. The van der Waals surface area contributed by atoms with Gasteiger partial charge in [0.05, 0.1) is 21.2 Å². The van der Waals surface area contributed by atoms with Gasteiger partial charge in [0.15, 0.2) is 0 Å². The van der Waals surface area contributed by atoms with E-state index in [1.54, 1.807) is 4.90 Å². The molecular weight excluding hydrogens is 328 g/mol. The number of carboxylic acid groups (broad SMARTS) is 1. The highest BCUT2D eigenvalue weighted by atomic mass is 16.6. The lowest BCUT2D eigenvalue weighted by Crippen LogP contribution is -2.36. The summed E-state index contributed by atoms with van der Waals surface area (Å²) in [6.45, 7) is 0.849. The van der Waals surface area contributed by atoms with Crippen LogP contribution in [-0.4, -0.2) is 39.1 Å². The summed E-state index contributed by atoms with van der Waals surface area (Å²) in [7, 11) is 0. The SMILES string of the molecule is O=C(O)[C@@]12CCC[C@H]1CN(c1nc3ccc([N+](=O)[O-])cc3c(=O)[nH]1)C2. The molecule has 2 N–H and O–H groups in total. The van der Waals surface area contributed by atoms with Crippen LogP contribution in [0.15, 0.2) is 23.0 Å². The van der Waals surface area contributed by atoms with Crippen molar-refractivity contribution in [2.24, 2.45) is 11.3 Å². The molecule has 1 aromatic carbocycles. The van der Waals surface area contributed by atoms with Gasteiger partial charge in [0.2, 0.25) is 5.95 Å². The van der Waals surface area contributed by atoms with Crippen LogP contribution >= 0.6 is 0 Å². The van der Waals surface area contributed by atoms with Crippen LogP contribution in [0.3, 0.4) is 0 Å². The van der Waals surface area contributed by atoms with Crippen LogP contribution in [0, 0.1) is 21.4 Å². The summed E-state index contributed by atoms with van der Waals surface area (Å²) in [6, 6.07) is 3.94. The van der Waals surface area contributed by atoms with Crippen molar-refractivity contribution in [3.8, 4) is 0 Å². The highest BCUT2D eigenvalue weighted by Crippen LogP contribution is 2.49. The number of aromatic amines is 1. The van der Waals surface area contributed by atoms with Crippen molar-refractivity contribution in [3.63, 3.8) is 0 Å². The lowest BCUT2D eigenvalue weighted by Gasteiger charge is -2.23. The largest absolute Gasteiger partial charge is 0.481 e. The van der Waals surface area contributed by atoms with Crippen LogP contribution in [0.25, 0.3) is 10.9 Å². The Labute approximate surface area is 141 Å². The third-order valence-electron chi connectivity index (χ3n) is 5.48. The predicted octanol–water partition coefficient (Wildman–Crippen LogP) is 1.52. The van der Waals surface area contributed by atoms with Gasteiger partial charge in [-0.3, -0.25) is 24.7 Å². The summed E-state index contributed by atoms with van der Waals surface area (Å²) in [5, 5.41) is 20.7. The number of nitrogens with zero attached hydrogens (tertiary/aromatic N) is 3. The van der Waals surface area contributed by atoms with Crippen molar-refractivity contribution in [1.29, 1.82) is 0 Å². The molecule has 1 aliphatic carbocycles. The molecule has 0 spiro atoms. The average Bonchev–Trinajstić information content (AvgIpc) is 3.12. The predicted molar refractivity (Wildman–Crippen MR) is 88.6 cm³/mol. The second-order valence-electron chi connectivity index (χ2n) is 6.78. The van der Waals surface area contributed by atoms with Gasteiger partial charge in [0.1, 0.15) is 0 Å². The second-order valence-corrected chi connectivity index (χ2v) is 6.78. The number of nitro benzene ring substituents is 1. The molecule has 0 unspecified atom stereocenters. The Kier molecular flexibility index (Phi) is 3.28. The topological polar surface area (TPSA) is 129 Å². The number of benzene rings is 1. The maximum atomic E-state index is 12.3. The fraction of sp³-hybridized carbons (Fsp3) is 0.438. The van der Waals surface area contributed by atoms with Crippen LogP contribution in [0.2, 0.25) is 0 Å². The molecule has 2 fully saturated rings. The molecule has 130 valence electrons. The maximum Gasteiger partial charge on any atom is 0.311 e. The van der Waals surface area contributed by atoms with Crippen molar-refractivity contribution >= 4 is 28.5 Å². The molecule has 9 nitrogen and oxygen atoms in total. The number of carbonyl (C=O) groups is 1. The van der Waals surface area contributed by atoms with E-state index in [2.05, 4.69) is 9.97 Å². The fourth-order valence-corrected chi connectivity index (χ4v) is 4.18. The number of aliphatic carboxylic acids is 1. The molecule has 2 aromatic rings. The minimum absolute atomic E-state index is 0.0443. The number of nitrogens with one attached hydrogen (secondary N) is 1. The van der Waals surface area contributed by atoms with E-state index in [4.69, 9.17) is 0 Å². The summed E-state index contributed by atoms with van der Waals surface area (Å²) in [6.07, 6.45) is 2.39. The number of H-pyrrole nitrogens is 1. The molecule has 0 amide bonds. The number of rotatable bonds is 3. The first-order chi connectivity index (χ1) is 11.9. The number of nitro groups is 1. The molecule has 2 aliphatic rings. The van der Waals surface area contributed by atoms with Crippen LogP contribution < -0.4 is 10.5 Å². The van der Waals surface area contributed by atoms with E-state index < -0.39 is 21.9 Å². The van der Waals surface area contributed by atoms with Gasteiger partial charge < -0.3 is 10.0 Å². The highest BCUT2D eigenvalue weighted by molar-refractivity contribution is 5.81. The van der Waals surface area contributed by atoms with Crippen LogP contribution in [0.1, 0.15) is 19.3 Å². The Balaban J connectivity index is 1.74. The maximum absolute atomic E-state index is 12.3. The fourth-order valence-electron chi connectivity index (χ4n) is 4.18. The van der Waals surface area contributed by atoms with Gasteiger partial charge in [0, 0.05) is 25.2 Å². The quantitative estimate of drug-likeness (QED) is 0.638. The van der Waals surface area contributed by atoms with Gasteiger partial charge in [-0.2, -0.15) is 0 Å². The van der Waals surface area contributed by atoms with Gasteiger partial charge in [-0.15, -0.1) is 0 Å². The van der Waals surface area contributed by atoms with E-state index in [1.807, 2.05) is 0 Å². The summed E-state index contributed by atoms with van der Waals surface area (Å²) in [5.41, 5.74) is -1.06. The standard InChI is InChI=1S/C16H16N4O5/c21-13-11-6-10(20(24)25)3-4-12(11)17-15(18-13)19-7-9-2-1-5-16(9,8-19)14(22)23/h3-4,6,9H,1-2,5,7-8H2,(H,22,23)(H,17,18,21)/t9-,16+/m0/s1. The Hall–Kier alpha value is -2.97. The molecule has 1 saturated heterocycles. The zero-order chi connectivity index (χ0) is 17.8. The lowest BCUT2D eigenvalue weighted by atomic mass is 9.81. The zero-order valence-electron chi connectivity index (χ0n) is 13.3. The number of hydrogen-bond acceptors (Lipinski definition) is 6. The monoisotopic (exact) mass is 344 g/mol. The molecule has 25 heavy (non-hydrogen) atoms. The van der Waals surface area contributed by atoms with Crippen LogP contribution in [-0.2, 0) is 4.79 Å². The number of hydrogen-bond donors (Lipinski definition) is 2. The average molecular weight is 344 g/mol. The minimum atomic E-state index is -0.795. The Morgan fingerprint density at radius 3 is 2.96 bits per heavy atom. The van der Waals surface area contributed by atoms with Crippen LogP contribution in [0.4, 0.5) is 11.6 Å². The zero-order valence-corrected chi connectivity index (χ0v) is 13.3. The van der Waals surface area contributed by atoms with E-state index in [-0.39, 0.29) is 17.0 Å². The number of fused-ring (bicyclic) bond motifs is 2. The summed E-state index contributed by atoms with van der Waals surface area (Å²) >= 11 is 0. The first-order valence-corrected chi connectivity index (χ1v) is 8.07. The number of carboxylic acids is 1. The van der Waals surface area contributed by atoms with E-state index in [0.29, 0.717) is 31.0 Å². The molecule has 0 radical (unpaired) electrons. The molecule has 4 rings (SSSR count). The first kappa shape index (κ1) is 15.6. The van der Waals surface area contributed by atoms with Gasteiger partial charge in [0.25, 0.3) is 11.2 Å².